The minimum Gasteiger partial charge on any atom is -0.308 e. The molecular formula is C17H24ClFN2. The summed E-state index contributed by atoms with van der Waals surface area (Å²) in [7, 11) is 0. The van der Waals surface area contributed by atoms with Crippen LogP contribution < -0.4 is 5.32 Å². The summed E-state index contributed by atoms with van der Waals surface area (Å²) in [6.45, 7) is 9.69. The minimum atomic E-state index is -0.345. The van der Waals surface area contributed by atoms with E-state index in [1.54, 1.807) is 6.07 Å². The van der Waals surface area contributed by atoms with Gasteiger partial charge in [-0.05, 0) is 57.2 Å². The third-order valence-electron chi connectivity index (χ3n) is 5.14. The van der Waals surface area contributed by atoms with Gasteiger partial charge >= 0.3 is 0 Å². The Labute approximate surface area is 131 Å². The lowest BCUT2D eigenvalue weighted by Gasteiger charge is -2.51. The van der Waals surface area contributed by atoms with Gasteiger partial charge in [-0.2, -0.15) is 0 Å². The highest BCUT2D eigenvalue weighted by Crippen LogP contribution is 2.42. The summed E-state index contributed by atoms with van der Waals surface area (Å²) in [5.41, 5.74) is 1.38. The molecule has 0 radical (unpaired) electrons. The molecule has 1 unspecified atom stereocenters. The van der Waals surface area contributed by atoms with Crippen LogP contribution in [-0.4, -0.2) is 29.1 Å². The van der Waals surface area contributed by atoms with Crippen molar-refractivity contribution >= 4 is 11.6 Å². The van der Waals surface area contributed by atoms with Crippen LogP contribution in [0.3, 0.4) is 0 Å². The lowest BCUT2D eigenvalue weighted by Crippen LogP contribution is -2.67. The zero-order chi connectivity index (χ0) is 15.3. The summed E-state index contributed by atoms with van der Waals surface area (Å²) < 4.78 is 13.3. The van der Waals surface area contributed by atoms with E-state index in [2.05, 4.69) is 31.0 Å². The second-order valence-corrected chi connectivity index (χ2v) is 7.87. The molecule has 2 nitrogen and oxygen atoms in total. The summed E-state index contributed by atoms with van der Waals surface area (Å²) in [6, 6.07) is 5.06. The lowest BCUT2D eigenvalue weighted by atomic mass is 9.86. The Morgan fingerprint density at radius 2 is 2.05 bits per heavy atom. The molecule has 3 rings (SSSR count). The van der Waals surface area contributed by atoms with Gasteiger partial charge in [0.25, 0.3) is 0 Å². The molecule has 0 amide bonds. The van der Waals surface area contributed by atoms with Crippen LogP contribution in [0.1, 0.15) is 39.2 Å². The zero-order valence-electron chi connectivity index (χ0n) is 13.0. The topological polar surface area (TPSA) is 15.3 Å². The van der Waals surface area contributed by atoms with Crippen molar-refractivity contribution < 1.29 is 4.39 Å². The monoisotopic (exact) mass is 310 g/mol. The Kier molecular flexibility index (Phi) is 3.79. The molecule has 0 aromatic heterocycles. The molecule has 1 aromatic carbocycles. The first-order valence-corrected chi connectivity index (χ1v) is 8.12. The van der Waals surface area contributed by atoms with Crippen molar-refractivity contribution in [3.8, 4) is 0 Å². The highest BCUT2D eigenvalue weighted by molar-refractivity contribution is 6.30. The van der Waals surface area contributed by atoms with Crippen molar-refractivity contribution in [2.45, 2.75) is 51.2 Å². The van der Waals surface area contributed by atoms with E-state index >= 15 is 0 Å². The highest BCUT2D eigenvalue weighted by Gasteiger charge is 2.47. The maximum absolute atomic E-state index is 13.3. The second kappa shape index (κ2) is 5.22. The predicted octanol–water partition coefficient (Wildman–Crippen LogP) is 3.83. The van der Waals surface area contributed by atoms with Gasteiger partial charge in [0.1, 0.15) is 5.82 Å². The second-order valence-electron chi connectivity index (χ2n) is 7.46. The van der Waals surface area contributed by atoms with Gasteiger partial charge in [0.05, 0.1) is 5.02 Å². The van der Waals surface area contributed by atoms with E-state index < -0.39 is 0 Å². The Bertz CT molecular complexity index is 542. The first-order valence-electron chi connectivity index (χ1n) is 7.74. The van der Waals surface area contributed by atoms with Crippen molar-refractivity contribution in [2.75, 3.05) is 13.1 Å². The molecule has 1 atom stereocenters. The highest BCUT2D eigenvalue weighted by atomic mass is 35.5. The summed E-state index contributed by atoms with van der Waals surface area (Å²) in [5, 5.41) is 3.97. The number of rotatable bonds is 3. The maximum Gasteiger partial charge on any atom is 0.141 e. The SMILES string of the molecule is CC1(C2CC2)CN(Cc2ccc(F)c(Cl)c2)C(C)(C)CN1. The third-order valence-corrected chi connectivity index (χ3v) is 5.43. The summed E-state index contributed by atoms with van der Waals surface area (Å²) in [4.78, 5) is 2.51. The van der Waals surface area contributed by atoms with Crippen LogP contribution in [0.15, 0.2) is 18.2 Å². The van der Waals surface area contributed by atoms with Crippen LogP contribution in [0.4, 0.5) is 4.39 Å². The number of hydrogen-bond donors (Lipinski definition) is 1. The van der Waals surface area contributed by atoms with E-state index in [1.807, 2.05) is 6.07 Å². The number of hydrogen-bond acceptors (Lipinski definition) is 2. The molecule has 1 aromatic rings. The maximum atomic E-state index is 13.3. The summed E-state index contributed by atoms with van der Waals surface area (Å²) in [6.07, 6.45) is 2.67. The van der Waals surface area contributed by atoms with E-state index in [0.717, 1.165) is 31.1 Å². The van der Waals surface area contributed by atoms with Gasteiger partial charge in [-0.15, -0.1) is 0 Å². The molecular weight excluding hydrogens is 287 g/mol. The number of piperazine rings is 1. The molecule has 2 aliphatic rings. The molecule has 4 heteroatoms. The minimum absolute atomic E-state index is 0.0925. The fourth-order valence-corrected chi connectivity index (χ4v) is 3.52. The van der Waals surface area contributed by atoms with Gasteiger partial charge in [-0.1, -0.05) is 17.7 Å². The molecule has 1 aliphatic heterocycles. The van der Waals surface area contributed by atoms with Gasteiger partial charge in [0, 0.05) is 30.7 Å². The first kappa shape index (κ1) is 15.3. The zero-order valence-corrected chi connectivity index (χ0v) is 13.8. The number of nitrogens with one attached hydrogen (secondary N) is 1. The van der Waals surface area contributed by atoms with Crippen molar-refractivity contribution in [2.24, 2.45) is 5.92 Å². The van der Waals surface area contributed by atoms with E-state index in [1.165, 1.54) is 18.9 Å². The standard InChI is InChI=1S/C17H24ClFN2/c1-16(2)10-20-17(3,13-5-6-13)11-21(16)9-12-4-7-15(19)14(18)8-12/h4,7-8,13,20H,5-6,9-11H2,1-3H3. The van der Waals surface area contributed by atoms with Crippen molar-refractivity contribution in [3.05, 3.63) is 34.6 Å². The smallest absolute Gasteiger partial charge is 0.141 e. The van der Waals surface area contributed by atoms with Crippen LogP contribution in [0.2, 0.25) is 5.02 Å². The van der Waals surface area contributed by atoms with Crippen LogP contribution in [-0.2, 0) is 6.54 Å². The number of halogens is 2. The predicted molar refractivity (Wildman–Crippen MR) is 85.0 cm³/mol. The number of nitrogens with zero attached hydrogens (tertiary/aromatic N) is 1. The van der Waals surface area contributed by atoms with Gasteiger partial charge in [-0.25, -0.2) is 4.39 Å². The third kappa shape index (κ3) is 3.10. The van der Waals surface area contributed by atoms with Gasteiger partial charge in [0.15, 0.2) is 0 Å². The van der Waals surface area contributed by atoms with E-state index in [4.69, 9.17) is 11.6 Å². The van der Waals surface area contributed by atoms with Crippen LogP contribution >= 0.6 is 11.6 Å². The van der Waals surface area contributed by atoms with E-state index in [0.29, 0.717) is 0 Å². The van der Waals surface area contributed by atoms with Crippen molar-refractivity contribution in [3.63, 3.8) is 0 Å². The molecule has 0 bridgehead atoms. The fourth-order valence-electron chi connectivity index (χ4n) is 3.32. The molecule has 1 saturated heterocycles. The van der Waals surface area contributed by atoms with E-state index in [9.17, 15) is 4.39 Å². The Hall–Kier alpha value is -0.640. The van der Waals surface area contributed by atoms with Crippen molar-refractivity contribution in [1.82, 2.24) is 10.2 Å². The summed E-state index contributed by atoms with van der Waals surface area (Å²) >= 11 is 5.91. The normalized spacial score (nSPS) is 29.6. The molecule has 1 N–H and O–H groups in total. The molecule has 1 heterocycles. The lowest BCUT2D eigenvalue weighted by molar-refractivity contribution is 0.0178. The van der Waals surface area contributed by atoms with Gasteiger partial charge in [0.2, 0.25) is 0 Å². The largest absolute Gasteiger partial charge is 0.308 e. The van der Waals surface area contributed by atoms with Crippen molar-refractivity contribution in [1.29, 1.82) is 0 Å². The molecule has 116 valence electrons. The van der Waals surface area contributed by atoms with Gasteiger partial charge in [-0.3, -0.25) is 4.90 Å². The van der Waals surface area contributed by atoms with Crippen LogP contribution in [0.5, 0.6) is 0 Å². The molecule has 21 heavy (non-hydrogen) atoms. The Balaban J connectivity index is 1.78. The first-order chi connectivity index (χ1) is 9.80. The summed E-state index contributed by atoms with van der Waals surface area (Å²) in [5.74, 6) is 0.454. The average molecular weight is 311 g/mol. The quantitative estimate of drug-likeness (QED) is 0.912. The van der Waals surface area contributed by atoms with E-state index in [-0.39, 0.29) is 21.9 Å². The van der Waals surface area contributed by atoms with Crippen LogP contribution in [0, 0.1) is 11.7 Å². The Morgan fingerprint density at radius 1 is 1.33 bits per heavy atom. The molecule has 2 fully saturated rings. The Morgan fingerprint density at radius 3 is 2.67 bits per heavy atom. The van der Waals surface area contributed by atoms with Gasteiger partial charge < -0.3 is 5.32 Å². The van der Waals surface area contributed by atoms with Crippen LogP contribution in [0.25, 0.3) is 0 Å². The fraction of sp³-hybridized carbons (Fsp3) is 0.647. The molecule has 1 aliphatic carbocycles. The number of benzene rings is 1. The molecule has 1 saturated carbocycles. The molecule has 0 spiro atoms. The average Bonchev–Trinajstić information content (AvgIpc) is 3.24.